The van der Waals surface area contributed by atoms with E-state index in [1.54, 1.807) is 36.4 Å². The van der Waals surface area contributed by atoms with E-state index in [4.69, 9.17) is 23.7 Å². The Hall–Kier alpha value is -3.62. The third-order valence-corrected chi connectivity index (χ3v) is 4.13. The number of methoxy groups -OCH3 is 4. The molecule has 9 heteroatoms. The molecule has 162 valence electrons. The van der Waals surface area contributed by atoms with Gasteiger partial charge >= 0.3 is 0 Å². The summed E-state index contributed by atoms with van der Waals surface area (Å²) in [4.78, 5) is 23.9. The number of ether oxygens (including phenoxy) is 5. The number of hydrogen-bond donors (Lipinski definition) is 2. The second-order valence-electron chi connectivity index (χ2n) is 6.07. The summed E-state index contributed by atoms with van der Waals surface area (Å²) in [5.41, 5.74) is 5.50. The molecule has 0 aliphatic rings. The lowest BCUT2D eigenvalue weighted by molar-refractivity contribution is -0.130. The molecule has 0 aromatic heterocycles. The van der Waals surface area contributed by atoms with Gasteiger partial charge in [-0.05, 0) is 36.2 Å². The first-order valence-corrected chi connectivity index (χ1v) is 9.14. The van der Waals surface area contributed by atoms with Crippen LogP contribution in [0.3, 0.4) is 0 Å². The van der Waals surface area contributed by atoms with Crippen molar-refractivity contribution in [2.24, 2.45) is 0 Å². The first-order valence-electron chi connectivity index (χ1n) is 9.14. The van der Waals surface area contributed by atoms with E-state index in [0.29, 0.717) is 35.2 Å². The Morgan fingerprint density at radius 1 is 0.767 bits per heavy atom. The normalized spacial score (nSPS) is 10.0. The zero-order valence-electron chi connectivity index (χ0n) is 17.4. The Labute approximate surface area is 175 Å². The summed E-state index contributed by atoms with van der Waals surface area (Å²) in [6, 6.07) is 10.5. The van der Waals surface area contributed by atoms with Crippen molar-refractivity contribution in [2.75, 3.05) is 35.0 Å². The number of hydrazine groups is 1. The first-order chi connectivity index (χ1) is 14.5. The molecule has 0 fully saturated rings. The van der Waals surface area contributed by atoms with Crippen LogP contribution in [0.15, 0.2) is 36.4 Å². The second kappa shape index (κ2) is 11.4. The van der Waals surface area contributed by atoms with Gasteiger partial charge in [-0.3, -0.25) is 20.4 Å². The Balaban J connectivity index is 1.81. The van der Waals surface area contributed by atoms with Crippen molar-refractivity contribution in [2.45, 2.75) is 12.8 Å². The van der Waals surface area contributed by atoms with Crippen LogP contribution in [0.2, 0.25) is 0 Å². The van der Waals surface area contributed by atoms with Gasteiger partial charge in [-0.2, -0.15) is 0 Å². The number of benzene rings is 2. The molecule has 0 heterocycles. The Morgan fingerprint density at radius 3 is 1.90 bits per heavy atom. The number of amides is 2. The highest BCUT2D eigenvalue weighted by Crippen LogP contribution is 2.38. The minimum atomic E-state index is -0.498. The van der Waals surface area contributed by atoms with Crippen molar-refractivity contribution in [3.63, 3.8) is 0 Å². The molecule has 2 aromatic rings. The predicted molar refractivity (Wildman–Crippen MR) is 109 cm³/mol. The number of rotatable bonds is 10. The standard InChI is InChI=1S/C21H26N2O7/c1-26-15-7-5-6-8-16(15)30-13-20(25)23-22-19(24)10-9-14-11-17(27-2)21(29-4)18(12-14)28-3/h5-8,11-12H,9-10,13H2,1-4H3,(H,22,24)(H,23,25). The Bertz CT molecular complexity index is 845. The van der Waals surface area contributed by atoms with Crippen LogP contribution < -0.4 is 34.5 Å². The molecule has 2 amide bonds. The lowest BCUT2D eigenvalue weighted by Gasteiger charge is -2.14. The van der Waals surface area contributed by atoms with Crippen LogP contribution in [0.1, 0.15) is 12.0 Å². The molecule has 2 aromatic carbocycles. The molecule has 2 N–H and O–H groups in total. The summed E-state index contributed by atoms with van der Waals surface area (Å²) in [7, 11) is 6.08. The predicted octanol–water partition coefficient (Wildman–Crippen LogP) is 1.88. The minimum Gasteiger partial charge on any atom is -0.493 e. The largest absolute Gasteiger partial charge is 0.493 e. The molecule has 2 rings (SSSR count). The zero-order chi connectivity index (χ0) is 21.9. The van der Waals surface area contributed by atoms with Crippen LogP contribution in [0.4, 0.5) is 0 Å². The molecule has 0 saturated heterocycles. The average Bonchev–Trinajstić information content (AvgIpc) is 2.79. The van der Waals surface area contributed by atoms with E-state index >= 15 is 0 Å². The van der Waals surface area contributed by atoms with Gasteiger partial charge in [0.05, 0.1) is 28.4 Å². The van der Waals surface area contributed by atoms with Crippen molar-refractivity contribution in [3.8, 4) is 28.7 Å². The maximum Gasteiger partial charge on any atom is 0.276 e. The monoisotopic (exact) mass is 418 g/mol. The maximum absolute atomic E-state index is 12.1. The van der Waals surface area contributed by atoms with Gasteiger partial charge in [0.25, 0.3) is 5.91 Å². The highest BCUT2D eigenvalue weighted by Gasteiger charge is 2.14. The molecule has 0 atom stereocenters. The number of nitrogens with one attached hydrogen (secondary N) is 2. The van der Waals surface area contributed by atoms with E-state index < -0.39 is 5.91 Å². The molecule has 0 spiro atoms. The quantitative estimate of drug-likeness (QED) is 0.568. The molecular weight excluding hydrogens is 392 g/mol. The number of aryl methyl sites for hydroxylation is 1. The van der Waals surface area contributed by atoms with Gasteiger partial charge in [0, 0.05) is 6.42 Å². The highest BCUT2D eigenvalue weighted by molar-refractivity contribution is 5.82. The van der Waals surface area contributed by atoms with Crippen molar-refractivity contribution in [1.29, 1.82) is 0 Å². The maximum atomic E-state index is 12.1. The lowest BCUT2D eigenvalue weighted by Crippen LogP contribution is -2.43. The fourth-order valence-corrected chi connectivity index (χ4v) is 2.66. The van der Waals surface area contributed by atoms with Gasteiger partial charge in [0.1, 0.15) is 0 Å². The molecule has 0 radical (unpaired) electrons. The van der Waals surface area contributed by atoms with Crippen LogP contribution >= 0.6 is 0 Å². The highest BCUT2D eigenvalue weighted by atomic mass is 16.5. The molecule has 0 aliphatic carbocycles. The van der Waals surface area contributed by atoms with Crippen molar-refractivity contribution < 1.29 is 33.3 Å². The number of carbonyl (C=O) groups is 2. The molecule has 0 unspecified atom stereocenters. The van der Waals surface area contributed by atoms with Crippen LogP contribution in [0.25, 0.3) is 0 Å². The van der Waals surface area contributed by atoms with E-state index in [1.807, 2.05) is 0 Å². The first kappa shape index (κ1) is 22.7. The zero-order valence-corrected chi connectivity index (χ0v) is 17.4. The van der Waals surface area contributed by atoms with Gasteiger partial charge in [-0.15, -0.1) is 0 Å². The summed E-state index contributed by atoms with van der Waals surface area (Å²) >= 11 is 0. The van der Waals surface area contributed by atoms with E-state index in [1.165, 1.54) is 28.4 Å². The minimum absolute atomic E-state index is 0.145. The van der Waals surface area contributed by atoms with Crippen LogP contribution in [-0.4, -0.2) is 46.9 Å². The number of hydrogen-bond acceptors (Lipinski definition) is 7. The fraction of sp³-hybridized carbons (Fsp3) is 0.333. The third-order valence-electron chi connectivity index (χ3n) is 4.13. The van der Waals surface area contributed by atoms with E-state index in [0.717, 1.165) is 5.56 Å². The summed E-state index contributed by atoms with van der Waals surface area (Å²) < 4.78 is 26.4. The van der Waals surface area contributed by atoms with Crippen molar-refractivity contribution in [3.05, 3.63) is 42.0 Å². The summed E-state index contributed by atoms with van der Waals surface area (Å²) in [6.45, 7) is -0.270. The Kier molecular flexibility index (Phi) is 8.61. The van der Waals surface area contributed by atoms with E-state index in [9.17, 15) is 9.59 Å². The third kappa shape index (κ3) is 6.20. The smallest absolute Gasteiger partial charge is 0.276 e. The Morgan fingerprint density at radius 2 is 1.33 bits per heavy atom. The molecule has 9 nitrogen and oxygen atoms in total. The van der Waals surface area contributed by atoms with E-state index in [-0.39, 0.29) is 18.9 Å². The van der Waals surface area contributed by atoms with Gasteiger partial charge in [-0.25, -0.2) is 0 Å². The average molecular weight is 418 g/mol. The second-order valence-corrected chi connectivity index (χ2v) is 6.07. The molecule has 0 saturated carbocycles. The van der Waals surface area contributed by atoms with Gasteiger partial charge < -0.3 is 23.7 Å². The van der Waals surface area contributed by atoms with Crippen LogP contribution in [-0.2, 0) is 16.0 Å². The van der Waals surface area contributed by atoms with Crippen LogP contribution in [0.5, 0.6) is 28.7 Å². The number of carbonyl (C=O) groups excluding carboxylic acids is 2. The van der Waals surface area contributed by atoms with Gasteiger partial charge in [0.2, 0.25) is 11.7 Å². The van der Waals surface area contributed by atoms with E-state index in [2.05, 4.69) is 10.9 Å². The number of para-hydroxylation sites is 2. The molecular formula is C21H26N2O7. The van der Waals surface area contributed by atoms with Gasteiger partial charge in [-0.1, -0.05) is 12.1 Å². The van der Waals surface area contributed by atoms with Crippen LogP contribution in [0, 0.1) is 0 Å². The summed E-state index contributed by atoms with van der Waals surface area (Å²) in [6.07, 6.45) is 0.558. The molecule has 0 bridgehead atoms. The molecule has 30 heavy (non-hydrogen) atoms. The van der Waals surface area contributed by atoms with Crippen molar-refractivity contribution >= 4 is 11.8 Å². The molecule has 0 aliphatic heterocycles. The summed E-state index contributed by atoms with van der Waals surface area (Å²) in [5.74, 6) is 1.60. The lowest BCUT2D eigenvalue weighted by atomic mass is 10.1. The van der Waals surface area contributed by atoms with Crippen molar-refractivity contribution in [1.82, 2.24) is 10.9 Å². The van der Waals surface area contributed by atoms with Gasteiger partial charge in [0.15, 0.2) is 29.6 Å². The SMILES string of the molecule is COc1ccccc1OCC(=O)NNC(=O)CCc1cc(OC)c(OC)c(OC)c1. The topological polar surface area (TPSA) is 104 Å². The fourth-order valence-electron chi connectivity index (χ4n) is 2.66. The summed E-state index contributed by atoms with van der Waals surface area (Å²) in [5, 5.41) is 0.